The third kappa shape index (κ3) is 3.85. The third-order valence-corrected chi connectivity index (χ3v) is 3.80. The van der Waals surface area contributed by atoms with Crippen LogP contribution >= 0.6 is 0 Å². The highest BCUT2D eigenvalue weighted by atomic mass is 16.5. The van der Waals surface area contributed by atoms with Crippen LogP contribution in [-0.2, 0) is 9.53 Å². The minimum Gasteiger partial charge on any atom is -0.507 e. The summed E-state index contributed by atoms with van der Waals surface area (Å²) in [5.74, 6) is -0.0437. The first kappa shape index (κ1) is 15.5. The van der Waals surface area contributed by atoms with Crippen molar-refractivity contribution < 1.29 is 14.6 Å². The van der Waals surface area contributed by atoms with Gasteiger partial charge in [-0.3, -0.25) is 9.69 Å². The van der Waals surface area contributed by atoms with Gasteiger partial charge in [0.15, 0.2) is 0 Å². The lowest BCUT2D eigenvalue weighted by Crippen LogP contribution is -2.42. The van der Waals surface area contributed by atoms with E-state index in [0.717, 1.165) is 23.9 Å². The lowest BCUT2D eigenvalue weighted by molar-refractivity contribution is -0.123. The normalized spacial score (nSPS) is 16.0. The minimum absolute atomic E-state index is 0.134. The maximum Gasteiger partial charge on any atom is 0.254 e. The molecular formula is C17H19N3O3. The van der Waals surface area contributed by atoms with E-state index in [1.807, 2.05) is 35.2 Å². The molecule has 1 fully saturated rings. The summed E-state index contributed by atoms with van der Waals surface area (Å²) in [4.78, 5) is 13.9. The molecule has 0 bridgehead atoms. The number of hydrogen-bond donors (Lipinski definition) is 2. The van der Waals surface area contributed by atoms with Crippen LogP contribution in [0.15, 0.2) is 41.5 Å². The van der Waals surface area contributed by atoms with E-state index >= 15 is 0 Å². The fraction of sp³-hybridized carbons (Fsp3) is 0.294. The Kier molecular flexibility index (Phi) is 4.85. The fourth-order valence-corrected chi connectivity index (χ4v) is 2.59. The topological polar surface area (TPSA) is 74.2 Å². The van der Waals surface area contributed by atoms with Crippen molar-refractivity contribution in [2.24, 2.45) is 5.10 Å². The summed E-state index contributed by atoms with van der Waals surface area (Å²) >= 11 is 0. The van der Waals surface area contributed by atoms with Crippen LogP contribution in [0.1, 0.15) is 5.56 Å². The zero-order chi connectivity index (χ0) is 16.1. The molecule has 2 aromatic carbocycles. The molecule has 1 aliphatic heterocycles. The highest BCUT2D eigenvalue weighted by Gasteiger charge is 2.13. The van der Waals surface area contributed by atoms with Gasteiger partial charge in [0.2, 0.25) is 0 Å². The molecule has 6 heteroatoms. The number of carbonyl (C=O) groups is 1. The van der Waals surface area contributed by atoms with E-state index in [4.69, 9.17) is 4.74 Å². The second kappa shape index (κ2) is 7.21. The number of fused-ring (bicyclic) bond motifs is 1. The van der Waals surface area contributed by atoms with E-state index in [-0.39, 0.29) is 11.7 Å². The first-order valence-electron chi connectivity index (χ1n) is 7.57. The smallest absolute Gasteiger partial charge is 0.254 e. The van der Waals surface area contributed by atoms with Gasteiger partial charge in [0.25, 0.3) is 5.91 Å². The van der Waals surface area contributed by atoms with Gasteiger partial charge in [0.1, 0.15) is 5.75 Å². The van der Waals surface area contributed by atoms with Crippen LogP contribution in [0.25, 0.3) is 10.8 Å². The molecule has 0 unspecified atom stereocenters. The van der Waals surface area contributed by atoms with Crippen LogP contribution in [0.2, 0.25) is 0 Å². The SMILES string of the molecule is O=C(CN1CCOCC1)NN=Cc1c(O)ccc2ccccc12. The highest BCUT2D eigenvalue weighted by Crippen LogP contribution is 2.25. The van der Waals surface area contributed by atoms with E-state index in [1.54, 1.807) is 6.07 Å². The van der Waals surface area contributed by atoms with Crippen LogP contribution in [-0.4, -0.2) is 55.0 Å². The van der Waals surface area contributed by atoms with E-state index in [1.165, 1.54) is 6.21 Å². The average Bonchev–Trinajstić information content (AvgIpc) is 2.58. The van der Waals surface area contributed by atoms with E-state index < -0.39 is 0 Å². The molecule has 0 radical (unpaired) electrons. The molecule has 1 saturated heterocycles. The third-order valence-electron chi connectivity index (χ3n) is 3.80. The van der Waals surface area contributed by atoms with Gasteiger partial charge in [-0.25, -0.2) is 5.43 Å². The molecule has 0 aromatic heterocycles. The standard InChI is InChI=1S/C17H19N3O3/c21-16-6-5-13-3-1-2-4-14(13)15(16)11-18-19-17(22)12-20-7-9-23-10-8-20/h1-6,11,21H,7-10,12H2,(H,19,22). The van der Waals surface area contributed by atoms with Crippen molar-refractivity contribution in [2.75, 3.05) is 32.8 Å². The summed E-state index contributed by atoms with van der Waals surface area (Å²) in [6.45, 7) is 3.10. The molecule has 120 valence electrons. The molecule has 0 aliphatic carbocycles. The van der Waals surface area contributed by atoms with Gasteiger partial charge < -0.3 is 9.84 Å². The van der Waals surface area contributed by atoms with Gasteiger partial charge in [-0.05, 0) is 16.8 Å². The molecule has 0 spiro atoms. The molecule has 1 heterocycles. The van der Waals surface area contributed by atoms with Crippen molar-refractivity contribution >= 4 is 22.9 Å². The Balaban J connectivity index is 1.66. The van der Waals surface area contributed by atoms with Gasteiger partial charge in [-0.15, -0.1) is 0 Å². The number of hydrazone groups is 1. The number of phenols is 1. The van der Waals surface area contributed by atoms with Crippen LogP contribution in [0.5, 0.6) is 5.75 Å². The Morgan fingerprint density at radius 2 is 2.04 bits per heavy atom. The number of nitrogens with one attached hydrogen (secondary N) is 1. The van der Waals surface area contributed by atoms with Gasteiger partial charge >= 0.3 is 0 Å². The maximum absolute atomic E-state index is 11.9. The molecule has 0 saturated carbocycles. The number of carbonyl (C=O) groups excluding carboxylic acids is 1. The Morgan fingerprint density at radius 3 is 2.87 bits per heavy atom. The van der Waals surface area contributed by atoms with Gasteiger partial charge in [-0.1, -0.05) is 30.3 Å². The Bertz CT molecular complexity index is 724. The molecular weight excluding hydrogens is 294 g/mol. The molecule has 1 amide bonds. The number of hydrogen-bond acceptors (Lipinski definition) is 5. The summed E-state index contributed by atoms with van der Waals surface area (Å²) in [6.07, 6.45) is 1.48. The number of rotatable bonds is 4. The Labute approximate surface area is 134 Å². The molecule has 2 N–H and O–H groups in total. The summed E-state index contributed by atoms with van der Waals surface area (Å²) < 4.78 is 5.24. The van der Waals surface area contributed by atoms with Crippen molar-refractivity contribution in [2.45, 2.75) is 0 Å². The summed E-state index contributed by atoms with van der Waals surface area (Å²) in [5.41, 5.74) is 3.10. The summed E-state index contributed by atoms with van der Waals surface area (Å²) in [5, 5.41) is 15.9. The van der Waals surface area contributed by atoms with E-state index in [9.17, 15) is 9.90 Å². The van der Waals surface area contributed by atoms with E-state index in [2.05, 4.69) is 10.5 Å². The first-order valence-corrected chi connectivity index (χ1v) is 7.57. The maximum atomic E-state index is 11.9. The van der Waals surface area contributed by atoms with Gasteiger partial charge in [0, 0.05) is 18.7 Å². The van der Waals surface area contributed by atoms with Crippen molar-refractivity contribution in [3.63, 3.8) is 0 Å². The second-order valence-corrected chi connectivity index (χ2v) is 5.40. The number of aromatic hydroxyl groups is 1. The predicted octanol–water partition coefficient (Wildman–Crippen LogP) is 1.33. The predicted molar refractivity (Wildman–Crippen MR) is 88.6 cm³/mol. The molecule has 2 aromatic rings. The zero-order valence-electron chi connectivity index (χ0n) is 12.7. The number of morpholine rings is 1. The van der Waals surface area contributed by atoms with Crippen LogP contribution in [0.4, 0.5) is 0 Å². The number of phenolic OH excluding ortho intramolecular Hbond substituents is 1. The largest absolute Gasteiger partial charge is 0.507 e. The number of amides is 1. The fourth-order valence-electron chi connectivity index (χ4n) is 2.59. The van der Waals surface area contributed by atoms with Crippen LogP contribution in [0, 0.1) is 0 Å². The van der Waals surface area contributed by atoms with Crippen molar-refractivity contribution in [3.8, 4) is 5.75 Å². The molecule has 6 nitrogen and oxygen atoms in total. The van der Waals surface area contributed by atoms with Crippen molar-refractivity contribution in [3.05, 3.63) is 42.0 Å². The molecule has 0 atom stereocenters. The number of ether oxygens (including phenoxy) is 1. The lowest BCUT2D eigenvalue weighted by Gasteiger charge is -2.25. The van der Waals surface area contributed by atoms with E-state index in [0.29, 0.717) is 25.3 Å². The van der Waals surface area contributed by atoms with Gasteiger partial charge in [-0.2, -0.15) is 5.10 Å². The molecule has 1 aliphatic rings. The first-order chi connectivity index (χ1) is 11.2. The Hall–Kier alpha value is -2.44. The lowest BCUT2D eigenvalue weighted by atomic mass is 10.0. The zero-order valence-corrected chi connectivity index (χ0v) is 12.7. The minimum atomic E-state index is -0.178. The molecule has 23 heavy (non-hydrogen) atoms. The molecule has 3 rings (SSSR count). The van der Waals surface area contributed by atoms with Gasteiger partial charge in [0.05, 0.1) is 26.0 Å². The summed E-state index contributed by atoms with van der Waals surface area (Å²) in [7, 11) is 0. The second-order valence-electron chi connectivity index (χ2n) is 5.40. The van der Waals surface area contributed by atoms with Crippen molar-refractivity contribution in [1.29, 1.82) is 0 Å². The average molecular weight is 313 g/mol. The van der Waals surface area contributed by atoms with Crippen LogP contribution < -0.4 is 5.43 Å². The number of nitrogens with zero attached hydrogens (tertiary/aromatic N) is 2. The summed E-state index contributed by atoms with van der Waals surface area (Å²) in [6, 6.07) is 11.2. The van der Waals surface area contributed by atoms with Crippen molar-refractivity contribution in [1.82, 2.24) is 10.3 Å². The highest BCUT2D eigenvalue weighted by molar-refractivity contribution is 6.02. The monoisotopic (exact) mass is 313 g/mol. The number of benzene rings is 2. The quantitative estimate of drug-likeness (QED) is 0.660. The Morgan fingerprint density at radius 1 is 1.26 bits per heavy atom. The van der Waals surface area contributed by atoms with Crippen LogP contribution in [0.3, 0.4) is 0 Å².